The molecule has 0 bridgehead atoms. The fourth-order valence-corrected chi connectivity index (χ4v) is 2.24. The fraction of sp³-hybridized carbons (Fsp3) is 0.389. The lowest BCUT2D eigenvalue weighted by Gasteiger charge is -2.11. The minimum absolute atomic E-state index is 0.242. The molecule has 0 fully saturated rings. The Morgan fingerprint density at radius 2 is 1.96 bits per heavy atom. The number of anilines is 2. The molecule has 0 aliphatic carbocycles. The largest absolute Gasteiger partial charge is 0.385 e. The van der Waals surface area contributed by atoms with Crippen LogP contribution in [0.5, 0.6) is 0 Å². The van der Waals surface area contributed by atoms with Crippen molar-refractivity contribution in [1.82, 2.24) is 9.97 Å². The average molecular weight is 328 g/mol. The fourth-order valence-electron chi connectivity index (χ4n) is 2.24. The summed E-state index contributed by atoms with van der Waals surface area (Å²) in [4.78, 5) is 21.1. The molecule has 0 unspecified atom stereocenters. The second-order valence-electron chi connectivity index (χ2n) is 5.76. The molecule has 2 aromatic rings. The van der Waals surface area contributed by atoms with Crippen molar-refractivity contribution in [3.8, 4) is 0 Å². The van der Waals surface area contributed by atoms with Gasteiger partial charge in [0.05, 0.1) is 0 Å². The van der Waals surface area contributed by atoms with Gasteiger partial charge in [0.25, 0.3) is 5.91 Å². The van der Waals surface area contributed by atoms with Crippen molar-refractivity contribution in [3.63, 3.8) is 0 Å². The first kappa shape index (κ1) is 17.9. The number of aromatic nitrogens is 2. The van der Waals surface area contributed by atoms with E-state index in [1.807, 2.05) is 39.0 Å². The zero-order valence-corrected chi connectivity index (χ0v) is 14.6. The third kappa shape index (κ3) is 5.03. The zero-order chi connectivity index (χ0) is 17.5. The molecule has 0 aliphatic rings. The van der Waals surface area contributed by atoms with Gasteiger partial charge in [0.1, 0.15) is 5.69 Å². The Labute approximate surface area is 142 Å². The van der Waals surface area contributed by atoms with Gasteiger partial charge in [0, 0.05) is 31.6 Å². The van der Waals surface area contributed by atoms with Crippen molar-refractivity contribution in [2.24, 2.45) is 0 Å². The minimum Gasteiger partial charge on any atom is -0.385 e. The van der Waals surface area contributed by atoms with Crippen LogP contribution in [0.3, 0.4) is 0 Å². The van der Waals surface area contributed by atoms with E-state index in [-0.39, 0.29) is 5.91 Å². The number of methoxy groups -OCH3 is 1. The van der Waals surface area contributed by atoms with E-state index in [0.29, 0.717) is 24.8 Å². The molecule has 0 aliphatic heterocycles. The van der Waals surface area contributed by atoms with Gasteiger partial charge in [0.2, 0.25) is 5.95 Å². The standard InChI is InChI=1S/C18H24N4O2/c1-12-6-7-13(2)15(10-12)21-17(23)16-11-14(3)20-18(22-16)19-8-5-9-24-4/h6-7,10-11H,5,8-9H2,1-4H3,(H,21,23)(H,19,20,22). The summed E-state index contributed by atoms with van der Waals surface area (Å²) in [6.07, 6.45) is 0.845. The van der Waals surface area contributed by atoms with Gasteiger partial charge in [0.15, 0.2) is 0 Å². The van der Waals surface area contributed by atoms with Crippen LogP contribution < -0.4 is 10.6 Å². The molecule has 1 heterocycles. The van der Waals surface area contributed by atoms with E-state index in [1.165, 1.54) is 0 Å². The van der Waals surface area contributed by atoms with E-state index in [9.17, 15) is 4.79 Å². The van der Waals surface area contributed by atoms with Crippen LogP contribution in [0.1, 0.15) is 33.7 Å². The van der Waals surface area contributed by atoms with E-state index in [1.54, 1.807) is 13.2 Å². The van der Waals surface area contributed by atoms with Crippen LogP contribution in [0.15, 0.2) is 24.3 Å². The minimum atomic E-state index is -0.242. The normalized spacial score (nSPS) is 10.5. The summed E-state index contributed by atoms with van der Waals surface area (Å²) in [6, 6.07) is 7.63. The van der Waals surface area contributed by atoms with Gasteiger partial charge in [-0.15, -0.1) is 0 Å². The Morgan fingerprint density at radius 3 is 2.71 bits per heavy atom. The van der Waals surface area contributed by atoms with E-state index in [4.69, 9.17) is 4.74 Å². The highest BCUT2D eigenvalue weighted by Gasteiger charge is 2.12. The highest BCUT2D eigenvalue weighted by molar-refractivity contribution is 6.03. The molecule has 24 heavy (non-hydrogen) atoms. The number of ether oxygens (including phenoxy) is 1. The third-order valence-corrected chi connectivity index (χ3v) is 3.54. The maximum atomic E-state index is 12.5. The van der Waals surface area contributed by atoms with Crippen molar-refractivity contribution in [2.75, 3.05) is 30.9 Å². The quantitative estimate of drug-likeness (QED) is 0.764. The van der Waals surface area contributed by atoms with Crippen molar-refractivity contribution in [2.45, 2.75) is 27.2 Å². The number of hydrogen-bond acceptors (Lipinski definition) is 5. The highest BCUT2D eigenvalue weighted by atomic mass is 16.5. The molecule has 0 spiro atoms. The van der Waals surface area contributed by atoms with E-state index < -0.39 is 0 Å². The van der Waals surface area contributed by atoms with Crippen LogP contribution in [0.2, 0.25) is 0 Å². The predicted octanol–water partition coefficient (Wildman–Crippen LogP) is 3.10. The predicted molar refractivity (Wildman–Crippen MR) is 95.6 cm³/mol. The average Bonchev–Trinajstić information content (AvgIpc) is 2.54. The molecule has 1 amide bonds. The summed E-state index contributed by atoms with van der Waals surface area (Å²) in [5, 5.41) is 6.04. The topological polar surface area (TPSA) is 76.1 Å². The van der Waals surface area contributed by atoms with Gasteiger partial charge in [-0.1, -0.05) is 12.1 Å². The number of aryl methyl sites for hydroxylation is 3. The molecule has 0 saturated heterocycles. The second-order valence-corrected chi connectivity index (χ2v) is 5.76. The number of nitrogens with one attached hydrogen (secondary N) is 2. The Morgan fingerprint density at radius 1 is 1.17 bits per heavy atom. The van der Waals surface area contributed by atoms with E-state index >= 15 is 0 Å². The van der Waals surface area contributed by atoms with Gasteiger partial charge in [-0.2, -0.15) is 0 Å². The summed E-state index contributed by atoms with van der Waals surface area (Å²) in [5.41, 5.74) is 3.99. The smallest absolute Gasteiger partial charge is 0.274 e. The molecule has 0 atom stereocenters. The molecule has 6 heteroatoms. The summed E-state index contributed by atoms with van der Waals surface area (Å²) in [7, 11) is 1.67. The van der Waals surface area contributed by atoms with Crippen LogP contribution >= 0.6 is 0 Å². The summed E-state index contributed by atoms with van der Waals surface area (Å²) in [5.74, 6) is 0.214. The van der Waals surface area contributed by atoms with Crippen molar-refractivity contribution >= 4 is 17.5 Å². The number of rotatable bonds is 7. The molecular weight excluding hydrogens is 304 g/mol. The Bertz CT molecular complexity index is 716. The maximum Gasteiger partial charge on any atom is 0.274 e. The second kappa shape index (κ2) is 8.40. The van der Waals surface area contributed by atoms with E-state index in [2.05, 4.69) is 20.6 Å². The molecule has 2 rings (SSSR count). The number of hydrogen-bond donors (Lipinski definition) is 2. The van der Waals surface area contributed by atoms with Gasteiger partial charge in [-0.25, -0.2) is 9.97 Å². The van der Waals surface area contributed by atoms with Crippen LogP contribution in [0, 0.1) is 20.8 Å². The number of amides is 1. The van der Waals surface area contributed by atoms with Gasteiger partial charge >= 0.3 is 0 Å². The van der Waals surface area contributed by atoms with E-state index in [0.717, 1.165) is 28.9 Å². The Kier molecular flexibility index (Phi) is 6.26. The number of carbonyl (C=O) groups is 1. The first-order valence-electron chi connectivity index (χ1n) is 7.96. The van der Waals surface area contributed by atoms with Gasteiger partial charge in [-0.3, -0.25) is 4.79 Å². The SMILES string of the molecule is COCCCNc1nc(C)cc(C(=O)Nc2cc(C)ccc2C)n1. The third-order valence-electron chi connectivity index (χ3n) is 3.54. The Balaban J connectivity index is 2.11. The van der Waals surface area contributed by atoms with Crippen molar-refractivity contribution in [1.29, 1.82) is 0 Å². The first-order valence-corrected chi connectivity index (χ1v) is 7.96. The molecule has 1 aromatic carbocycles. The molecular formula is C18H24N4O2. The van der Waals surface area contributed by atoms with Crippen LogP contribution in [0.4, 0.5) is 11.6 Å². The lowest BCUT2D eigenvalue weighted by Crippen LogP contribution is -2.17. The Hall–Kier alpha value is -2.47. The van der Waals surface area contributed by atoms with Crippen LogP contribution in [0.25, 0.3) is 0 Å². The zero-order valence-electron chi connectivity index (χ0n) is 14.6. The number of nitrogens with zero attached hydrogens (tertiary/aromatic N) is 2. The summed E-state index contributed by atoms with van der Waals surface area (Å²) in [6.45, 7) is 7.15. The molecule has 0 saturated carbocycles. The first-order chi connectivity index (χ1) is 11.5. The summed E-state index contributed by atoms with van der Waals surface area (Å²) >= 11 is 0. The van der Waals surface area contributed by atoms with Crippen LogP contribution in [-0.2, 0) is 4.74 Å². The number of carbonyl (C=O) groups excluding carboxylic acids is 1. The van der Waals surface area contributed by atoms with Gasteiger partial charge in [-0.05, 0) is 50.5 Å². The molecule has 1 aromatic heterocycles. The monoisotopic (exact) mass is 328 g/mol. The lowest BCUT2D eigenvalue weighted by atomic mass is 10.1. The molecule has 6 nitrogen and oxygen atoms in total. The number of benzene rings is 1. The van der Waals surface area contributed by atoms with Crippen LogP contribution in [-0.4, -0.2) is 36.1 Å². The van der Waals surface area contributed by atoms with Gasteiger partial charge < -0.3 is 15.4 Å². The maximum absolute atomic E-state index is 12.5. The molecule has 128 valence electrons. The molecule has 0 radical (unpaired) electrons. The lowest BCUT2D eigenvalue weighted by molar-refractivity contribution is 0.102. The summed E-state index contributed by atoms with van der Waals surface area (Å²) < 4.78 is 5.01. The van der Waals surface area contributed by atoms with Crippen molar-refractivity contribution in [3.05, 3.63) is 46.8 Å². The highest BCUT2D eigenvalue weighted by Crippen LogP contribution is 2.17. The van der Waals surface area contributed by atoms with Crippen molar-refractivity contribution < 1.29 is 9.53 Å². The molecule has 2 N–H and O–H groups in total.